The number of carbonyl (C=O) groups excluding carboxylic acids is 1. The van der Waals surface area contributed by atoms with E-state index in [0.717, 1.165) is 0 Å². The molecule has 17 heavy (non-hydrogen) atoms. The molecule has 0 aliphatic carbocycles. The van der Waals surface area contributed by atoms with E-state index >= 15 is 0 Å². The summed E-state index contributed by atoms with van der Waals surface area (Å²) in [5.41, 5.74) is 6.21. The van der Waals surface area contributed by atoms with Crippen LogP contribution in [0.2, 0.25) is 0 Å². The number of aryl methyl sites for hydroxylation is 1. The molecule has 0 fully saturated rings. The van der Waals surface area contributed by atoms with Gasteiger partial charge in [-0.3, -0.25) is 0 Å². The normalized spacial score (nSPS) is 10.2. The summed E-state index contributed by atoms with van der Waals surface area (Å²) in [6, 6.07) is 1.67. The van der Waals surface area contributed by atoms with Crippen molar-refractivity contribution in [3.8, 4) is 5.82 Å². The van der Waals surface area contributed by atoms with E-state index in [2.05, 4.69) is 24.8 Å². The maximum Gasteiger partial charge on any atom is 0.377 e. The monoisotopic (exact) mass is 234 g/mol. The topological polar surface area (TPSA) is 109 Å². The van der Waals surface area contributed by atoms with Crippen LogP contribution in [0.25, 0.3) is 5.82 Å². The smallest absolute Gasteiger partial charge is 0.377 e. The van der Waals surface area contributed by atoms with Crippen LogP contribution in [0.5, 0.6) is 0 Å². The fraction of sp³-hybridized carbons (Fsp3) is 0.222. The Morgan fingerprint density at radius 2 is 2.24 bits per heavy atom. The van der Waals surface area contributed by atoms with Crippen molar-refractivity contribution in [3.63, 3.8) is 0 Å². The van der Waals surface area contributed by atoms with Crippen LogP contribution in [-0.2, 0) is 4.74 Å². The van der Waals surface area contributed by atoms with Gasteiger partial charge in [-0.05, 0) is 6.92 Å². The SMILES string of the molecule is COC(=O)c1ncn(-c2cc(C)nc(N)n2)n1. The number of carbonyl (C=O) groups is 1. The van der Waals surface area contributed by atoms with E-state index in [9.17, 15) is 4.79 Å². The molecule has 0 aliphatic rings. The van der Waals surface area contributed by atoms with E-state index in [4.69, 9.17) is 5.73 Å². The Kier molecular flexibility index (Phi) is 2.69. The van der Waals surface area contributed by atoms with Crippen molar-refractivity contribution in [1.82, 2.24) is 24.7 Å². The van der Waals surface area contributed by atoms with Crippen molar-refractivity contribution in [2.24, 2.45) is 0 Å². The summed E-state index contributed by atoms with van der Waals surface area (Å²) in [6.07, 6.45) is 1.35. The first kappa shape index (κ1) is 11.0. The van der Waals surface area contributed by atoms with E-state index < -0.39 is 5.97 Å². The second kappa shape index (κ2) is 4.16. The quantitative estimate of drug-likeness (QED) is 0.712. The van der Waals surface area contributed by atoms with Gasteiger partial charge in [-0.2, -0.15) is 4.98 Å². The van der Waals surface area contributed by atoms with Crippen LogP contribution >= 0.6 is 0 Å². The minimum atomic E-state index is -0.609. The van der Waals surface area contributed by atoms with E-state index in [1.54, 1.807) is 13.0 Å². The second-order valence-corrected chi connectivity index (χ2v) is 3.23. The Balaban J connectivity index is 2.40. The molecule has 2 N–H and O–H groups in total. The zero-order chi connectivity index (χ0) is 12.4. The fourth-order valence-electron chi connectivity index (χ4n) is 1.25. The number of nitrogen functional groups attached to an aromatic ring is 1. The lowest BCUT2D eigenvalue weighted by atomic mass is 10.4. The molecule has 0 saturated heterocycles. The molecule has 88 valence electrons. The number of nitrogens with zero attached hydrogens (tertiary/aromatic N) is 5. The largest absolute Gasteiger partial charge is 0.463 e. The number of methoxy groups -OCH3 is 1. The molecule has 0 aromatic carbocycles. The Labute approximate surface area is 96.5 Å². The minimum absolute atomic E-state index is 0.0395. The van der Waals surface area contributed by atoms with E-state index in [-0.39, 0.29) is 11.8 Å². The summed E-state index contributed by atoms with van der Waals surface area (Å²) in [4.78, 5) is 22.9. The van der Waals surface area contributed by atoms with Gasteiger partial charge in [0.15, 0.2) is 5.82 Å². The zero-order valence-electron chi connectivity index (χ0n) is 9.28. The first-order chi connectivity index (χ1) is 8.10. The molecule has 0 spiro atoms. The van der Waals surface area contributed by atoms with Gasteiger partial charge in [-0.1, -0.05) is 0 Å². The fourth-order valence-corrected chi connectivity index (χ4v) is 1.25. The van der Waals surface area contributed by atoms with Crippen molar-refractivity contribution in [1.29, 1.82) is 0 Å². The molecule has 2 aromatic heterocycles. The number of esters is 1. The first-order valence-electron chi connectivity index (χ1n) is 4.71. The highest BCUT2D eigenvalue weighted by molar-refractivity contribution is 5.84. The molecule has 0 radical (unpaired) electrons. The Morgan fingerprint density at radius 3 is 2.88 bits per heavy atom. The van der Waals surface area contributed by atoms with Gasteiger partial charge in [0.1, 0.15) is 6.33 Å². The number of aromatic nitrogens is 5. The van der Waals surface area contributed by atoms with Crippen molar-refractivity contribution in [3.05, 3.63) is 23.9 Å². The molecule has 0 unspecified atom stereocenters. The number of hydrogen-bond acceptors (Lipinski definition) is 7. The molecule has 0 saturated carbocycles. The predicted octanol–water partition coefficient (Wildman–Crippen LogP) is -0.265. The summed E-state index contributed by atoms with van der Waals surface area (Å²) < 4.78 is 5.83. The first-order valence-corrected chi connectivity index (χ1v) is 4.71. The van der Waals surface area contributed by atoms with Gasteiger partial charge in [-0.25, -0.2) is 19.4 Å². The van der Waals surface area contributed by atoms with Gasteiger partial charge in [0.25, 0.3) is 5.82 Å². The number of ether oxygens (including phenoxy) is 1. The molecule has 0 amide bonds. The van der Waals surface area contributed by atoms with E-state index in [0.29, 0.717) is 11.5 Å². The number of hydrogen-bond donors (Lipinski definition) is 1. The van der Waals surface area contributed by atoms with E-state index in [1.165, 1.54) is 18.1 Å². The zero-order valence-corrected chi connectivity index (χ0v) is 9.28. The number of nitrogens with two attached hydrogens (primary N) is 1. The molecule has 2 aromatic rings. The highest BCUT2D eigenvalue weighted by Crippen LogP contribution is 2.06. The predicted molar refractivity (Wildman–Crippen MR) is 57.4 cm³/mol. The Bertz CT molecular complexity index is 544. The average molecular weight is 234 g/mol. The van der Waals surface area contributed by atoms with Crippen molar-refractivity contribution in [2.45, 2.75) is 6.92 Å². The van der Waals surface area contributed by atoms with Crippen molar-refractivity contribution >= 4 is 11.9 Å². The van der Waals surface area contributed by atoms with Crippen molar-refractivity contribution < 1.29 is 9.53 Å². The van der Waals surface area contributed by atoms with Crippen LogP contribution in [0, 0.1) is 6.92 Å². The third kappa shape index (κ3) is 2.19. The molecule has 0 aliphatic heterocycles. The van der Waals surface area contributed by atoms with Gasteiger partial charge < -0.3 is 10.5 Å². The van der Waals surface area contributed by atoms with Gasteiger partial charge in [0.2, 0.25) is 5.95 Å². The lowest BCUT2D eigenvalue weighted by molar-refractivity contribution is 0.0587. The average Bonchev–Trinajstić information content (AvgIpc) is 2.76. The Morgan fingerprint density at radius 1 is 1.47 bits per heavy atom. The maximum absolute atomic E-state index is 11.2. The van der Waals surface area contributed by atoms with Gasteiger partial charge in [0, 0.05) is 11.8 Å². The highest BCUT2D eigenvalue weighted by Gasteiger charge is 2.12. The van der Waals surface area contributed by atoms with Crippen molar-refractivity contribution in [2.75, 3.05) is 12.8 Å². The van der Waals surface area contributed by atoms with Crippen LogP contribution in [-0.4, -0.2) is 37.8 Å². The summed E-state index contributed by atoms with van der Waals surface area (Å²) in [7, 11) is 1.26. The molecule has 2 heterocycles. The maximum atomic E-state index is 11.2. The molecule has 8 nitrogen and oxygen atoms in total. The molecule has 0 bridgehead atoms. The summed E-state index contributed by atoms with van der Waals surface area (Å²) in [6.45, 7) is 1.78. The van der Waals surface area contributed by atoms with Crippen LogP contribution in [0.1, 0.15) is 16.3 Å². The van der Waals surface area contributed by atoms with Crippen LogP contribution in [0.4, 0.5) is 5.95 Å². The van der Waals surface area contributed by atoms with Gasteiger partial charge in [0.05, 0.1) is 7.11 Å². The lowest BCUT2D eigenvalue weighted by Crippen LogP contribution is -2.07. The number of anilines is 1. The van der Waals surface area contributed by atoms with Crippen LogP contribution < -0.4 is 5.73 Å². The molecule has 8 heteroatoms. The number of rotatable bonds is 2. The summed E-state index contributed by atoms with van der Waals surface area (Å²) >= 11 is 0. The van der Waals surface area contributed by atoms with Crippen LogP contribution in [0.15, 0.2) is 12.4 Å². The third-order valence-corrected chi connectivity index (χ3v) is 1.95. The Hall–Kier alpha value is -2.51. The lowest BCUT2D eigenvalue weighted by Gasteiger charge is -2.01. The summed E-state index contributed by atoms with van der Waals surface area (Å²) in [5, 5.41) is 3.92. The minimum Gasteiger partial charge on any atom is -0.463 e. The molecular weight excluding hydrogens is 224 g/mol. The van der Waals surface area contributed by atoms with Gasteiger partial charge >= 0.3 is 5.97 Å². The second-order valence-electron chi connectivity index (χ2n) is 3.23. The van der Waals surface area contributed by atoms with E-state index in [1.807, 2.05) is 0 Å². The highest BCUT2D eigenvalue weighted by atomic mass is 16.5. The summed E-state index contributed by atoms with van der Waals surface area (Å²) in [5.74, 6) is -0.0717. The standard InChI is InChI=1S/C9H10N6O2/c1-5-3-6(13-9(10)12-5)15-4-11-7(14-15)8(16)17-2/h3-4H,1-2H3,(H2,10,12,13). The molecular formula is C9H10N6O2. The third-order valence-electron chi connectivity index (χ3n) is 1.95. The van der Waals surface area contributed by atoms with Crippen LogP contribution in [0.3, 0.4) is 0 Å². The molecule has 0 atom stereocenters. The molecule has 2 rings (SSSR count). The van der Waals surface area contributed by atoms with Gasteiger partial charge in [-0.15, -0.1) is 5.10 Å².